The molecule has 2 aromatic rings. The topological polar surface area (TPSA) is 70.8 Å². The van der Waals surface area contributed by atoms with E-state index in [9.17, 15) is 9.59 Å². The van der Waals surface area contributed by atoms with E-state index in [-0.39, 0.29) is 12.2 Å². The van der Waals surface area contributed by atoms with Crippen LogP contribution in [-0.2, 0) is 17.6 Å². The van der Waals surface area contributed by atoms with Crippen molar-refractivity contribution in [2.75, 3.05) is 11.4 Å². The highest BCUT2D eigenvalue weighted by Crippen LogP contribution is 2.36. The van der Waals surface area contributed by atoms with Gasteiger partial charge >= 0.3 is 5.97 Å². The van der Waals surface area contributed by atoms with E-state index in [1.165, 1.54) is 0 Å². The number of hydrogen-bond donors (Lipinski definition) is 1. The van der Waals surface area contributed by atoms with Crippen LogP contribution in [0.5, 0.6) is 0 Å². The molecule has 1 aromatic heterocycles. The third kappa shape index (κ3) is 2.74. The number of furan rings is 1. The summed E-state index contributed by atoms with van der Waals surface area (Å²) < 4.78 is 5.75. The zero-order valence-corrected chi connectivity index (χ0v) is 12.3. The number of aryl methyl sites for hydroxylation is 1. The van der Waals surface area contributed by atoms with Gasteiger partial charge in [0, 0.05) is 30.3 Å². The molecule has 0 aliphatic carbocycles. The minimum Gasteiger partial charge on any atom is -0.481 e. The van der Waals surface area contributed by atoms with Crippen LogP contribution in [0.2, 0.25) is 0 Å². The predicted octanol–water partition coefficient (Wildman–Crippen LogP) is 3.19. The van der Waals surface area contributed by atoms with E-state index in [4.69, 9.17) is 9.52 Å². The molecule has 1 aliphatic rings. The molecule has 114 valence electrons. The van der Waals surface area contributed by atoms with E-state index in [0.717, 1.165) is 35.7 Å². The van der Waals surface area contributed by atoms with E-state index in [1.54, 1.807) is 6.92 Å². The maximum atomic E-state index is 11.4. The third-order valence-corrected chi connectivity index (χ3v) is 3.88. The number of ketones is 1. The van der Waals surface area contributed by atoms with Crippen molar-refractivity contribution in [3.05, 3.63) is 47.2 Å². The number of carbonyl (C=O) groups is 2. The van der Waals surface area contributed by atoms with Crippen molar-refractivity contribution in [2.24, 2.45) is 0 Å². The monoisotopic (exact) mass is 299 g/mol. The number of carboxylic acid groups (broad SMARTS) is 1. The molecule has 2 heterocycles. The van der Waals surface area contributed by atoms with Gasteiger partial charge in [0.15, 0.2) is 11.7 Å². The van der Waals surface area contributed by atoms with E-state index in [1.807, 2.05) is 30.3 Å². The zero-order valence-electron chi connectivity index (χ0n) is 12.3. The Labute approximate surface area is 128 Å². The number of carboxylic acids is 1. The minimum atomic E-state index is -0.832. The first-order valence-electron chi connectivity index (χ1n) is 7.26. The molecule has 0 fully saturated rings. The fourth-order valence-corrected chi connectivity index (χ4v) is 2.73. The fraction of sp³-hybridized carbons (Fsp3) is 0.294. The minimum absolute atomic E-state index is 0.0610. The Kier molecular flexibility index (Phi) is 3.71. The molecule has 0 spiro atoms. The zero-order chi connectivity index (χ0) is 15.7. The molecule has 0 radical (unpaired) electrons. The van der Waals surface area contributed by atoms with Crippen molar-refractivity contribution in [3.8, 4) is 0 Å². The average Bonchev–Trinajstić information content (AvgIpc) is 3.10. The molecular formula is C17H17NO4. The highest BCUT2D eigenvalue weighted by Gasteiger charge is 2.23. The van der Waals surface area contributed by atoms with Gasteiger partial charge in [0.25, 0.3) is 0 Å². The van der Waals surface area contributed by atoms with Crippen LogP contribution < -0.4 is 4.90 Å². The lowest BCUT2D eigenvalue weighted by molar-refractivity contribution is -0.137. The number of anilines is 2. The Morgan fingerprint density at radius 2 is 2.09 bits per heavy atom. The van der Waals surface area contributed by atoms with Crippen LogP contribution in [-0.4, -0.2) is 23.4 Å². The number of hydrogen-bond acceptors (Lipinski definition) is 4. The Bertz CT molecular complexity index is 732. The summed E-state index contributed by atoms with van der Waals surface area (Å²) in [5.41, 5.74) is 2.91. The SMILES string of the molecule is CC(=O)c1ccc2c(c1)CCN2c1ccc(CCC(=O)O)o1. The molecule has 0 bridgehead atoms. The number of benzene rings is 1. The Morgan fingerprint density at radius 3 is 2.82 bits per heavy atom. The molecule has 0 atom stereocenters. The summed E-state index contributed by atoms with van der Waals surface area (Å²) >= 11 is 0. The first-order valence-corrected chi connectivity index (χ1v) is 7.26. The van der Waals surface area contributed by atoms with E-state index >= 15 is 0 Å². The van der Waals surface area contributed by atoms with Gasteiger partial charge in [-0.2, -0.15) is 0 Å². The number of fused-ring (bicyclic) bond motifs is 1. The summed E-state index contributed by atoms with van der Waals surface area (Å²) in [5.74, 6) is 0.623. The number of nitrogens with zero attached hydrogens (tertiary/aromatic N) is 1. The standard InChI is InChI=1S/C17H17NO4/c1-11(19)12-2-5-15-13(10-12)8-9-18(15)16-6-3-14(22-16)4-7-17(20)21/h2-3,5-6,10H,4,7-9H2,1H3,(H,20,21). The molecule has 0 unspecified atom stereocenters. The van der Waals surface area contributed by atoms with Gasteiger partial charge in [0.05, 0.1) is 6.42 Å². The Morgan fingerprint density at radius 1 is 1.27 bits per heavy atom. The maximum absolute atomic E-state index is 11.4. The van der Waals surface area contributed by atoms with Crippen LogP contribution >= 0.6 is 0 Å². The lowest BCUT2D eigenvalue weighted by atomic mass is 10.1. The fourth-order valence-electron chi connectivity index (χ4n) is 2.73. The molecule has 0 saturated heterocycles. The van der Waals surface area contributed by atoms with Crippen LogP contribution in [0.25, 0.3) is 0 Å². The molecule has 1 N–H and O–H groups in total. The summed E-state index contributed by atoms with van der Waals surface area (Å²) in [6.45, 7) is 2.36. The van der Waals surface area contributed by atoms with Gasteiger partial charge in [-0.25, -0.2) is 0 Å². The van der Waals surface area contributed by atoms with Crippen molar-refractivity contribution >= 4 is 23.3 Å². The predicted molar refractivity (Wildman–Crippen MR) is 81.8 cm³/mol. The molecule has 0 saturated carbocycles. The highest BCUT2D eigenvalue weighted by molar-refractivity contribution is 5.95. The van der Waals surface area contributed by atoms with E-state index in [0.29, 0.717) is 12.2 Å². The van der Waals surface area contributed by atoms with Crippen LogP contribution in [0, 0.1) is 0 Å². The number of carbonyl (C=O) groups excluding carboxylic acids is 1. The number of aliphatic carboxylic acids is 1. The van der Waals surface area contributed by atoms with Gasteiger partial charge < -0.3 is 14.4 Å². The van der Waals surface area contributed by atoms with Crippen molar-refractivity contribution in [1.29, 1.82) is 0 Å². The second kappa shape index (κ2) is 5.67. The summed E-state index contributed by atoms with van der Waals surface area (Å²) in [4.78, 5) is 24.1. The molecule has 1 aliphatic heterocycles. The molecule has 5 nitrogen and oxygen atoms in total. The quantitative estimate of drug-likeness (QED) is 0.858. The molecule has 3 rings (SSSR count). The lowest BCUT2D eigenvalue weighted by Gasteiger charge is -2.16. The van der Waals surface area contributed by atoms with Gasteiger partial charge in [0.1, 0.15) is 5.76 Å². The second-order valence-corrected chi connectivity index (χ2v) is 5.44. The molecule has 5 heteroatoms. The average molecular weight is 299 g/mol. The molecule has 22 heavy (non-hydrogen) atoms. The van der Waals surface area contributed by atoms with Crippen LogP contribution in [0.15, 0.2) is 34.7 Å². The largest absolute Gasteiger partial charge is 0.481 e. The lowest BCUT2D eigenvalue weighted by Crippen LogP contribution is -2.12. The summed E-state index contributed by atoms with van der Waals surface area (Å²) in [6.07, 6.45) is 1.31. The second-order valence-electron chi connectivity index (χ2n) is 5.44. The third-order valence-electron chi connectivity index (χ3n) is 3.88. The highest BCUT2D eigenvalue weighted by atomic mass is 16.4. The van der Waals surface area contributed by atoms with Crippen molar-refractivity contribution in [1.82, 2.24) is 0 Å². The first-order chi connectivity index (χ1) is 10.5. The van der Waals surface area contributed by atoms with Gasteiger partial charge in [-0.1, -0.05) is 0 Å². The van der Waals surface area contributed by atoms with Gasteiger partial charge in [-0.05, 0) is 43.2 Å². The molecule has 1 aromatic carbocycles. The molecular weight excluding hydrogens is 282 g/mol. The van der Waals surface area contributed by atoms with E-state index < -0.39 is 5.97 Å². The van der Waals surface area contributed by atoms with Gasteiger partial charge in [-0.3, -0.25) is 9.59 Å². The van der Waals surface area contributed by atoms with Crippen molar-refractivity contribution in [3.63, 3.8) is 0 Å². The summed E-state index contributed by atoms with van der Waals surface area (Å²) in [7, 11) is 0. The Balaban J connectivity index is 1.81. The van der Waals surface area contributed by atoms with Crippen LogP contribution in [0.1, 0.15) is 35.0 Å². The van der Waals surface area contributed by atoms with Crippen molar-refractivity contribution in [2.45, 2.75) is 26.2 Å². The smallest absolute Gasteiger partial charge is 0.303 e. The van der Waals surface area contributed by atoms with Crippen molar-refractivity contribution < 1.29 is 19.1 Å². The number of Topliss-reactive ketones (excluding diaryl/α,β-unsaturated/α-hetero) is 1. The summed E-state index contributed by atoms with van der Waals surface area (Å²) in [6, 6.07) is 9.39. The molecule has 0 amide bonds. The number of rotatable bonds is 5. The van der Waals surface area contributed by atoms with Gasteiger partial charge in [-0.15, -0.1) is 0 Å². The van der Waals surface area contributed by atoms with Crippen LogP contribution in [0.3, 0.4) is 0 Å². The summed E-state index contributed by atoms with van der Waals surface area (Å²) in [5, 5.41) is 8.71. The Hall–Kier alpha value is -2.56. The van der Waals surface area contributed by atoms with Gasteiger partial charge in [0.2, 0.25) is 0 Å². The first kappa shape index (κ1) is 14.4. The van der Waals surface area contributed by atoms with E-state index in [2.05, 4.69) is 4.90 Å². The maximum Gasteiger partial charge on any atom is 0.303 e. The normalized spacial score (nSPS) is 13.2. The van der Waals surface area contributed by atoms with Crippen LogP contribution in [0.4, 0.5) is 11.6 Å².